The van der Waals surface area contributed by atoms with Crippen LogP contribution in [0.1, 0.15) is 18.7 Å². The third-order valence-corrected chi connectivity index (χ3v) is 5.70. The predicted molar refractivity (Wildman–Crippen MR) is 108 cm³/mol. The SMILES string of the molecule is COc1ccc(OCc2nnc(SCC3CCCO3)n2-c2ccccc2F)cc1. The van der Waals surface area contributed by atoms with Crippen molar-refractivity contribution in [3.05, 3.63) is 60.2 Å². The summed E-state index contributed by atoms with van der Waals surface area (Å²) in [7, 11) is 1.61. The first-order valence-electron chi connectivity index (χ1n) is 9.45. The van der Waals surface area contributed by atoms with E-state index >= 15 is 0 Å². The molecule has 4 rings (SSSR count). The van der Waals surface area contributed by atoms with Gasteiger partial charge >= 0.3 is 0 Å². The van der Waals surface area contributed by atoms with Gasteiger partial charge in [-0.1, -0.05) is 23.9 Å². The van der Waals surface area contributed by atoms with Crippen molar-refractivity contribution < 1.29 is 18.6 Å². The van der Waals surface area contributed by atoms with E-state index in [9.17, 15) is 4.39 Å². The maximum atomic E-state index is 14.5. The molecule has 1 unspecified atom stereocenters. The van der Waals surface area contributed by atoms with E-state index in [0.717, 1.165) is 31.0 Å². The van der Waals surface area contributed by atoms with Crippen molar-refractivity contribution in [2.45, 2.75) is 30.7 Å². The van der Waals surface area contributed by atoms with Gasteiger partial charge in [0.15, 0.2) is 11.0 Å². The number of benzene rings is 2. The first-order chi connectivity index (χ1) is 14.2. The van der Waals surface area contributed by atoms with Crippen molar-refractivity contribution in [3.8, 4) is 17.2 Å². The Balaban J connectivity index is 1.56. The van der Waals surface area contributed by atoms with E-state index in [1.54, 1.807) is 29.9 Å². The number of thioether (sulfide) groups is 1. The zero-order valence-electron chi connectivity index (χ0n) is 16.1. The van der Waals surface area contributed by atoms with Gasteiger partial charge in [0.1, 0.15) is 23.9 Å². The van der Waals surface area contributed by atoms with Crippen molar-refractivity contribution in [2.75, 3.05) is 19.5 Å². The molecule has 0 radical (unpaired) electrons. The molecule has 1 aliphatic heterocycles. The van der Waals surface area contributed by atoms with Gasteiger partial charge in [0, 0.05) is 12.4 Å². The molecule has 0 bridgehead atoms. The maximum Gasteiger partial charge on any atom is 0.196 e. The summed E-state index contributed by atoms with van der Waals surface area (Å²) in [6.45, 7) is 0.959. The summed E-state index contributed by atoms with van der Waals surface area (Å²) >= 11 is 1.52. The minimum atomic E-state index is -0.336. The molecule has 0 amide bonds. The van der Waals surface area contributed by atoms with Gasteiger partial charge in [-0.2, -0.15) is 0 Å². The molecule has 1 aliphatic rings. The Morgan fingerprint density at radius 1 is 1.14 bits per heavy atom. The quantitative estimate of drug-likeness (QED) is 0.512. The fourth-order valence-electron chi connectivity index (χ4n) is 3.13. The van der Waals surface area contributed by atoms with E-state index in [1.807, 2.05) is 24.3 Å². The highest BCUT2D eigenvalue weighted by atomic mass is 32.2. The van der Waals surface area contributed by atoms with E-state index in [0.29, 0.717) is 22.4 Å². The van der Waals surface area contributed by atoms with Gasteiger partial charge in [0.25, 0.3) is 0 Å². The molecule has 29 heavy (non-hydrogen) atoms. The lowest BCUT2D eigenvalue weighted by Crippen LogP contribution is -2.11. The first-order valence-corrected chi connectivity index (χ1v) is 10.4. The molecule has 2 heterocycles. The fraction of sp³-hybridized carbons (Fsp3) is 0.333. The van der Waals surface area contributed by atoms with Crippen molar-refractivity contribution >= 4 is 11.8 Å². The average molecular weight is 415 g/mol. The third-order valence-electron chi connectivity index (χ3n) is 4.64. The number of aromatic nitrogens is 3. The third kappa shape index (κ3) is 4.71. The van der Waals surface area contributed by atoms with Crippen LogP contribution in [0.15, 0.2) is 53.7 Å². The highest BCUT2D eigenvalue weighted by molar-refractivity contribution is 7.99. The standard InChI is InChI=1S/C21H22FN3O3S/c1-26-15-8-10-16(11-9-15)28-13-20-23-24-21(29-14-17-5-4-12-27-17)25(20)19-7-3-2-6-18(19)22/h2-3,6-11,17H,4-5,12-14H2,1H3. The Labute approximate surface area is 173 Å². The van der Waals surface area contributed by atoms with Crippen LogP contribution in [0.3, 0.4) is 0 Å². The van der Waals surface area contributed by atoms with Crippen LogP contribution in [0.4, 0.5) is 4.39 Å². The largest absolute Gasteiger partial charge is 0.497 e. The van der Waals surface area contributed by atoms with Gasteiger partial charge < -0.3 is 14.2 Å². The Morgan fingerprint density at radius 3 is 2.66 bits per heavy atom. The Bertz CT molecular complexity index is 943. The maximum absolute atomic E-state index is 14.5. The number of para-hydroxylation sites is 1. The number of methoxy groups -OCH3 is 1. The van der Waals surface area contributed by atoms with Crippen molar-refractivity contribution in [2.24, 2.45) is 0 Å². The molecule has 2 aromatic carbocycles. The zero-order chi connectivity index (χ0) is 20.1. The molecule has 1 aromatic heterocycles. The molecular formula is C21H22FN3O3S. The lowest BCUT2D eigenvalue weighted by atomic mass is 10.3. The van der Waals surface area contributed by atoms with Crippen LogP contribution in [0, 0.1) is 5.82 Å². The minimum absolute atomic E-state index is 0.161. The van der Waals surface area contributed by atoms with Gasteiger partial charge in [0.05, 0.1) is 18.9 Å². The van der Waals surface area contributed by atoms with Gasteiger partial charge in [-0.05, 0) is 49.2 Å². The topological polar surface area (TPSA) is 58.4 Å². The van der Waals surface area contributed by atoms with Crippen molar-refractivity contribution in [1.82, 2.24) is 14.8 Å². The second-order valence-corrected chi connectivity index (χ2v) is 7.58. The fourth-order valence-corrected chi connectivity index (χ4v) is 4.15. The van der Waals surface area contributed by atoms with E-state index in [-0.39, 0.29) is 18.5 Å². The normalized spacial score (nSPS) is 16.1. The molecular weight excluding hydrogens is 393 g/mol. The number of rotatable bonds is 8. The smallest absolute Gasteiger partial charge is 0.196 e. The Kier molecular flexibility index (Phi) is 6.31. The number of nitrogens with zero attached hydrogens (tertiary/aromatic N) is 3. The molecule has 1 saturated heterocycles. The Hall–Kier alpha value is -2.58. The van der Waals surface area contributed by atoms with Crippen LogP contribution < -0.4 is 9.47 Å². The molecule has 1 fully saturated rings. The lowest BCUT2D eigenvalue weighted by molar-refractivity contribution is 0.129. The summed E-state index contributed by atoms with van der Waals surface area (Å²) in [6.07, 6.45) is 2.31. The first kappa shape index (κ1) is 19.7. The van der Waals surface area contributed by atoms with Gasteiger partial charge in [-0.25, -0.2) is 4.39 Å². The molecule has 0 saturated carbocycles. The molecule has 0 aliphatic carbocycles. The van der Waals surface area contributed by atoms with Gasteiger partial charge in [-0.3, -0.25) is 4.57 Å². The zero-order valence-corrected chi connectivity index (χ0v) is 16.9. The molecule has 3 aromatic rings. The van der Waals surface area contributed by atoms with Gasteiger partial charge in [-0.15, -0.1) is 10.2 Å². The van der Waals surface area contributed by atoms with E-state index in [4.69, 9.17) is 14.2 Å². The molecule has 8 heteroatoms. The number of halogens is 1. The summed E-state index contributed by atoms with van der Waals surface area (Å²) in [6, 6.07) is 13.9. The minimum Gasteiger partial charge on any atom is -0.497 e. The van der Waals surface area contributed by atoms with Crippen LogP contribution in [-0.4, -0.2) is 40.3 Å². The average Bonchev–Trinajstić information content (AvgIpc) is 3.41. The summed E-state index contributed by atoms with van der Waals surface area (Å²) in [5, 5.41) is 9.17. The van der Waals surface area contributed by atoms with Crippen LogP contribution in [0.5, 0.6) is 11.5 Å². The summed E-state index contributed by atoms with van der Waals surface area (Å²) in [5.41, 5.74) is 0.403. The van der Waals surface area contributed by atoms with Crippen LogP contribution >= 0.6 is 11.8 Å². The van der Waals surface area contributed by atoms with E-state index in [1.165, 1.54) is 17.8 Å². The molecule has 0 N–H and O–H groups in total. The lowest BCUT2D eigenvalue weighted by Gasteiger charge is -2.13. The monoisotopic (exact) mass is 415 g/mol. The van der Waals surface area contributed by atoms with Crippen molar-refractivity contribution in [3.63, 3.8) is 0 Å². The number of ether oxygens (including phenoxy) is 3. The second kappa shape index (κ2) is 9.28. The number of hydrogen-bond donors (Lipinski definition) is 0. The molecule has 6 nitrogen and oxygen atoms in total. The predicted octanol–water partition coefficient (Wildman–Crippen LogP) is 4.27. The van der Waals surface area contributed by atoms with Crippen LogP contribution in [0.25, 0.3) is 5.69 Å². The highest BCUT2D eigenvalue weighted by Gasteiger charge is 2.21. The second-order valence-electron chi connectivity index (χ2n) is 6.60. The summed E-state index contributed by atoms with van der Waals surface area (Å²) in [5.74, 6) is 2.37. The van der Waals surface area contributed by atoms with Crippen molar-refractivity contribution in [1.29, 1.82) is 0 Å². The molecule has 1 atom stereocenters. The van der Waals surface area contributed by atoms with Crippen LogP contribution in [0.2, 0.25) is 0 Å². The van der Waals surface area contributed by atoms with E-state index < -0.39 is 0 Å². The Morgan fingerprint density at radius 2 is 1.93 bits per heavy atom. The van der Waals surface area contributed by atoms with Crippen LogP contribution in [-0.2, 0) is 11.3 Å². The summed E-state index contributed by atoms with van der Waals surface area (Å²) in [4.78, 5) is 0. The number of hydrogen-bond acceptors (Lipinski definition) is 6. The van der Waals surface area contributed by atoms with Gasteiger partial charge in [0.2, 0.25) is 0 Å². The van der Waals surface area contributed by atoms with E-state index in [2.05, 4.69) is 10.2 Å². The summed E-state index contributed by atoms with van der Waals surface area (Å²) < 4.78 is 33.0. The molecule has 152 valence electrons. The molecule has 0 spiro atoms. The highest BCUT2D eigenvalue weighted by Crippen LogP contribution is 2.27.